The zero-order valence-corrected chi connectivity index (χ0v) is 16.7. The van der Waals surface area contributed by atoms with E-state index in [9.17, 15) is 15.0 Å². The van der Waals surface area contributed by atoms with Gasteiger partial charge < -0.3 is 20.3 Å². The minimum atomic E-state index is -1.95. The third kappa shape index (κ3) is 5.39. The van der Waals surface area contributed by atoms with Crippen molar-refractivity contribution >= 4 is 31.9 Å². The number of nitrogens with one attached hydrogen (secondary N) is 1. The van der Waals surface area contributed by atoms with Crippen LogP contribution in [0, 0.1) is 5.92 Å². The van der Waals surface area contributed by atoms with Gasteiger partial charge in [0, 0.05) is 5.56 Å². The van der Waals surface area contributed by atoms with E-state index >= 15 is 0 Å². The van der Waals surface area contributed by atoms with Crippen LogP contribution in [-0.2, 0) is 15.1 Å². The molecule has 27 heavy (non-hydrogen) atoms. The number of halogens is 1. The summed E-state index contributed by atoms with van der Waals surface area (Å²) >= 11 is 0. The molecule has 0 aliphatic carbocycles. The van der Waals surface area contributed by atoms with E-state index in [2.05, 4.69) is 5.32 Å². The number of hydrogen-bond acceptors (Lipinski definition) is 5. The van der Waals surface area contributed by atoms with Crippen molar-refractivity contribution in [2.75, 3.05) is 19.7 Å². The first kappa shape index (κ1) is 23.3. The van der Waals surface area contributed by atoms with Crippen molar-refractivity contribution in [1.29, 1.82) is 0 Å². The Morgan fingerprint density at radius 1 is 1.07 bits per heavy atom. The van der Waals surface area contributed by atoms with Gasteiger partial charge in [-0.1, -0.05) is 42.5 Å². The predicted molar refractivity (Wildman–Crippen MR) is 112 cm³/mol. The number of hydrogen-bond donors (Lipinski definition) is 3. The fourth-order valence-corrected chi connectivity index (χ4v) is 3.16. The molecule has 0 bridgehead atoms. The molecular weight excluding hydrogens is 386 g/mol. The van der Waals surface area contributed by atoms with Gasteiger partial charge in [0.25, 0.3) is 0 Å². The zero-order valence-electron chi connectivity index (χ0n) is 14.9. The third-order valence-corrected chi connectivity index (χ3v) is 4.66. The molecule has 5 nitrogen and oxygen atoms in total. The summed E-state index contributed by atoms with van der Waals surface area (Å²) in [6, 6.07) is 14.8. The Hall–Kier alpha value is -1.73. The van der Waals surface area contributed by atoms with Crippen molar-refractivity contribution in [3.63, 3.8) is 0 Å². The van der Waals surface area contributed by atoms with Gasteiger partial charge in [-0.2, -0.15) is 13.5 Å². The van der Waals surface area contributed by atoms with Crippen LogP contribution in [0.2, 0.25) is 0 Å². The lowest BCUT2D eigenvalue weighted by Crippen LogP contribution is -2.40. The molecule has 3 N–H and O–H groups in total. The molecule has 148 valence electrons. The van der Waals surface area contributed by atoms with Crippen molar-refractivity contribution in [2.45, 2.75) is 18.4 Å². The third-order valence-electron chi connectivity index (χ3n) is 4.66. The highest BCUT2D eigenvalue weighted by atomic mass is 35.5. The number of phenolic OH excluding ortho intramolecular Hbond substituents is 1. The lowest BCUT2D eigenvalue weighted by atomic mass is 9.86. The number of piperidine rings is 1. The summed E-state index contributed by atoms with van der Waals surface area (Å²) in [5, 5.41) is 24.3. The Bertz CT molecular complexity index is 725. The Morgan fingerprint density at radius 2 is 1.70 bits per heavy atom. The number of phenols is 1. The van der Waals surface area contributed by atoms with Gasteiger partial charge in [0.15, 0.2) is 0 Å². The number of aromatic hydroxyl groups is 1. The summed E-state index contributed by atoms with van der Waals surface area (Å²) < 4.78 is 5.50. The quantitative estimate of drug-likeness (QED) is 0.659. The Kier molecular flexibility index (Phi) is 9.12. The average molecular weight is 412 g/mol. The van der Waals surface area contributed by atoms with Gasteiger partial charge in [0.1, 0.15) is 5.75 Å². The molecule has 0 saturated carbocycles. The van der Waals surface area contributed by atoms with Gasteiger partial charge in [0.05, 0.1) is 6.61 Å². The van der Waals surface area contributed by atoms with Crippen LogP contribution in [-0.4, -0.2) is 35.9 Å². The van der Waals surface area contributed by atoms with Crippen LogP contribution >= 0.6 is 25.9 Å². The van der Waals surface area contributed by atoms with E-state index in [-0.39, 0.29) is 43.8 Å². The number of aliphatic hydroxyl groups is 1. The first-order valence-corrected chi connectivity index (χ1v) is 8.56. The normalized spacial score (nSPS) is 16.3. The second kappa shape index (κ2) is 10.6. The first-order chi connectivity index (χ1) is 12.1. The largest absolute Gasteiger partial charge is 0.508 e. The van der Waals surface area contributed by atoms with Crippen molar-refractivity contribution in [3.8, 4) is 5.75 Å². The summed E-state index contributed by atoms with van der Waals surface area (Å²) in [5.74, 6) is -0.435. The molecule has 2 aromatic rings. The summed E-state index contributed by atoms with van der Waals surface area (Å²) in [7, 11) is 0. The highest BCUT2D eigenvalue weighted by molar-refractivity contribution is 7.59. The lowest BCUT2D eigenvalue weighted by molar-refractivity contribution is -0.163. The molecule has 1 fully saturated rings. The smallest absolute Gasteiger partial charge is 0.347 e. The Balaban J connectivity index is 0.00000182. The van der Waals surface area contributed by atoms with Gasteiger partial charge in [0.2, 0.25) is 5.60 Å². The molecule has 2 aromatic carbocycles. The molecule has 0 radical (unpaired) electrons. The van der Waals surface area contributed by atoms with Crippen molar-refractivity contribution < 1.29 is 19.7 Å². The zero-order chi connectivity index (χ0) is 17.7. The molecular formula is C20H26ClNO4S. The van der Waals surface area contributed by atoms with E-state index in [0.717, 1.165) is 25.9 Å². The number of carbonyl (C=O) groups excluding carboxylic acids is 1. The summed E-state index contributed by atoms with van der Waals surface area (Å²) in [4.78, 5) is 12.9. The van der Waals surface area contributed by atoms with Crippen molar-refractivity contribution in [3.05, 3.63) is 65.7 Å². The van der Waals surface area contributed by atoms with E-state index in [1.807, 2.05) is 6.07 Å². The average Bonchev–Trinajstić information content (AvgIpc) is 2.67. The molecule has 1 heterocycles. The van der Waals surface area contributed by atoms with E-state index in [1.165, 1.54) is 12.1 Å². The number of carbonyl (C=O) groups is 1. The van der Waals surface area contributed by atoms with Crippen molar-refractivity contribution in [2.24, 2.45) is 5.92 Å². The van der Waals surface area contributed by atoms with Crippen molar-refractivity contribution in [1.82, 2.24) is 5.32 Å². The van der Waals surface area contributed by atoms with Gasteiger partial charge >= 0.3 is 5.97 Å². The van der Waals surface area contributed by atoms with E-state index < -0.39 is 11.6 Å². The van der Waals surface area contributed by atoms with Crippen LogP contribution < -0.4 is 5.32 Å². The fraction of sp³-hybridized carbons (Fsp3) is 0.350. The maximum Gasteiger partial charge on any atom is 0.347 e. The molecule has 1 aliphatic heterocycles. The second-order valence-electron chi connectivity index (χ2n) is 6.42. The maximum absolute atomic E-state index is 12.9. The highest BCUT2D eigenvalue weighted by Gasteiger charge is 2.42. The molecule has 0 spiro atoms. The summed E-state index contributed by atoms with van der Waals surface area (Å²) in [5.41, 5.74) is -1.25. The molecule has 1 saturated heterocycles. The van der Waals surface area contributed by atoms with Crippen LogP contribution in [0.15, 0.2) is 54.6 Å². The molecule has 1 aliphatic rings. The van der Waals surface area contributed by atoms with Crippen LogP contribution in [0.25, 0.3) is 0 Å². The van der Waals surface area contributed by atoms with E-state index in [1.54, 1.807) is 36.4 Å². The lowest BCUT2D eigenvalue weighted by Gasteiger charge is -2.29. The number of ether oxygens (including phenoxy) is 1. The fourth-order valence-electron chi connectivity index (χ4n) is 3.16. The standard InChI is InChI=1S/C20H23NO4.ClH.H2S/c22-18-8-4-7-17(13-18)20(24,16-5-2-1-3-6-16)19(23)25-14-15-9-11-21-12-10-15;;/h1-8,13,15,21-22,24H,9-12,14H2;1H;1H2/t20-;;/m0../s1. The summed E-state index contributed by atoms with van der Waals surface area (Å²) in [6.45, 7) is 2.12. The molecule has 0 unspecified atom stereocenters. The van der Waals surface area contributed by atoms with E-state index in [4.69, 9.17) is 4.74 Å². The first-order valence-electron chi connectivity index (χ1n) is 8.56. The minimum absolute atomic E-state index is 0. The van der Waals surface area contributed by atoms with Gasteiger partial charge in [-0.25, -0.2) is 4.79 Å². The molecule has 7 heteroatoms. The van der Waals surface area contributed by atoms with Gasteiger partial charge in [-0.05, 0) is 49.5 Å². The summed E-state index contributed by atoms with van der Waals surface area (Å²) in [6.07, 6.45) is 1.90. The predicted octanol–water partition coefficient (Wildman–Crippen LogP) is 2.71. The molecule has 0 amide bonds. The maximum atomic E-state index is 12.9. The van der Waals surface area contributed by atoms with E-state index in [0.29, 0.717) is 11.5 Å². The van der Waals surface area contributed by atoms with Gasteiger partial charge in [-0.3, -0.25) is 0 Å². The Morgan fingerprint density at radius 3 is 2.33 bits per heavy atom. The minimum Gasteiger partial charge on any atom is -0.508 e. The monoisotopic (exact) mass is 411 g/mol. The van der Waals surface area contributed by atoms with Crippen LogP contribution in [0.3, 0.4) is 0 Å². The van der Waals surface area contributed by atoms with Crippen LogP contribution in [0.5, 0.6) is 5.75 Å². The van der Waals surface area contributed by atoms with Crippen LogP contribution in [0.4, 0.5) is 0 Å². The Labute approximate surface area is 172 Å². The highest BCUT2D eigenvalue weighted by Crippen LogP contribution is 2.33. The van der Waals surface area contributed by atoms with Crippen LogP contribution in [0.1, 0.15) is 24.0 Å². The SMILES string of the molecule is Cl.O=C(OCC1CCNCC1)[C@](O)(c1ccccc1)c1cccc(O)c1.S. The van der Waals surface area contributed by atoms with Gasteiger partial charge in [-0.15, -0.1) is 12.4 Å². The number of rotatable bonds is 5. The second-order valence-corrected chi connectivity index (χ2v) is 6.42. The molecule has 0 aromatic heterocycles. The number of esters is 1. The number of benzene rings is 2. The molecule has 3 rings (SSSR count). The molecule has 1 atom stereocenters. The topological polar surface area (TPSA) is 78.8 Å².